The summed E-state index contributed by atoms with van der Waals surface area (Å²) in [7, 11) is 3.39. The van der Waals surface area contributed by atoms with Crippen LogP contribution in [0.15, 0.2) is 12.1 Å². The Bertz CT molecular complexity index is 667. The van der Waals surface area contributed by atoms with Gasteiger partial charge in [-0.1, -0.05) is 0 Å². The summed E-state index contributed by atoms with van der Waals surface area (Å²) < 4.78 is 11.6. The number of likely N-dealkylation sites (N-methyl/N-ethyl adjacent to an activating group) is 1. The van der Waals surface area contributed by atoms with Crippen LogP contribution in [0.5, 0.6) is 0 Å². The van der Waals surface area contributed by atoms with Crippen molar-refractivity contribution in [2.75, 3.05) is 45.3 Å². The van der Waals surface area contributed by atoms with Crippen LogP contribution >= 0.6 is 0 Å². The summed E-state index contributed by atoms with van der Waals surface area (Å²) in [6.07, 6.45) is -0.201. The van der Waals surface area contributed by atoms with E-state index in [-0.39, 0.29) is 18.6 Å². The molecule has 1 aliphatic rings. The SMILES string of the molecule is Cc1ccc(C#N)c(N2CC(COCC(=O)N(C)C)OC(C)(C)C2)n1. The predicted molar refractivity (Wildman–Crippen MR) is 94.4 cm³/mol. The van der Waals surface area contributed by atoms with E-state index in [0.29, 0.717) is 31.1 Å². The van der Waals surface area contributed by atoms with Crippen LogP contribution < -0.4 is 4.90 Å². The van der Waals surface area contributed by atoms with Crippen LogP contribution in [0.3, 0.4) is 0 Å². The Morgan fingerprint density at radius 2 is 2.24 bits per heavy atom. The third-order valence-corrected chi connectivity index (χ3v) is 3.94. The van der Waals surface area contributed by atoms with Gasteiger partial charge in [-0.05, 0) is 32.9 Å². The lowest BCUT2D eigenvalue weighted by atomic mass is 10.0. The van der Waals surface area contributed by atoms with Crippen molar-refractivity contribution in [3.8, 4) is 6.07 Å². The number of carbonyl (C=O) groups is 1. The van der Waals surface area contributed by atoms with Gasteiger partial charge in [0.2, 0.25) is 5.91 Å². The predicted octanol–water partition coefficient (Wildman–Crippen LogP) is 1.35. The van der Waals surface area contributed by atoms with Crippen molar-refractivity contribution in [1.82, 2.24) is 9.88 Å². The quantitative estimate of drug-likeness (QED) is 0.801. The van der Waals surface area contributed by atoms with Crippen molar-refractivity contribution in [2.24, 2.45) is 0 Å². The highest BCUT2D eigenvalue weighted by Crippen LogP contribution is 2.27. The normalized spacial score (nSPS) is 19.4. The molecule has 0 saturated carbocycles. The van der Waals surface area contributed by atoms with Gasteiger partial charge in [-0.3, -0.25) is 4.79 Å². The van der Waals surface area contributed by atoms with E-state index in [1.54, 1.807) is 20.2 Å². The second-order valence-electron chi connectivity index (χ2n) is 7.12. The van der Waals surface area contributed by atoms with Gasteiger partial charge in [-0.2, -0.15) is 5.26 Å². The lowest BCUT2D eigenvalue weighted by Crippen LogP contribution is -2.54. The lowest BCUT2D eigenvalue weighted by molar-refractivity contribution is -0.139. The monoisotopic (exact) mass is 346 g/mol. The summed E-state index contributed by atoms with van der Waals surface area (Å²) in [5.74, 6) is 0.590. The van der Waals surface area contributed by atoms with Gasteiger partial charge in [0.25, 0.3) is 0 Å². The number of pyridine rings is 1. The number of rotatable bonds is 5. The number of ether oxygens (including phenoxy) is 2. The molecule has 0 aromatic carbocycles. The molecule has 1 fully saturated rings. The Balaban J connectivity index is 2.09. The molecule has 2 heterocycles. The minimum atomic E-state index is -0.407. The molecule has 0 bridgehead atoms. The average Bonchev–Trinajstić information content (AvgIpc) is 2.53. The molecule has 1 aromatic rings. The zero-order chi connectivity index (χ0) is 18.6. The molecule has 1 atom stereocenters. The van der Waals surface area contributed by atoms with E-state index < -0.39 is 5.60 Å². The maximum Gasteiger partial charge on any atom is 0.248 e. The molecule has 0 N–H and O–H groups in total. The van der Waals surface area contributed by atoms with E-state index >= 15 is 0 Å². The summed E-state index contributed by atoms with van der Waals surface area (Å²) in [6, 6.07) is 5.83. The fourth-order valence-electron chi connectivity index (χ4n) is 2.82. The topological polar surface area (TPSA) is 78.7 Å². The summed E-state index contributed by atoms with van der Waals surface area (Å²) in [4.78, 5) is 19.7. The number of aryl methyl sites for hydroxylation is 1. The van der Waals surface area contributed by atoms with Crippen molar-refractivity contribution >= 4 is 11.7 Å². The van der Waals surface area contributed by atoms with E-state index in [1.807, 2.05) is 26.8 Å². The zero-order valence-electron chi connectivity index (χ0n) is 15.6. The highest BCUT2D eigenvalue weighted by Gasteiger charge is 2.35. The van der Waals surface area contributed by atoms with Crippen LogP contribution in [0, 0.1) is 18.3 Å². The summed E-state index contributed by atoms with van der Waals surface area (Å²) in [5.41, 5.74) is 1.00. The van der Waals surface area contributed by atoms with Crippen molar-refractivity contribution < 1.29 is 14.3 Å². The molecule has 1 saturated heterocycles. The van der Waals surface area contributed by atoms with Gasteiger partial charge < -0.3 is 19.3 Å². The standard InChI is InChI=1S/C18H26N4O3/c1-13-6-7-14(8-19)17(20-13)22-9-15(25-18(2,3)12-22)10-24-11-16(23)21(4)5/h6-7,15H,9-12H2,1-5H3. The molecule has 0 spiro atoms. The fourth-order valence-corrected chi connectivity index (χ4v) is 2.82. The Labute approximate surface area is 149 Å². The zero-order valence-corrected chi connectivity index (χ0v) is 15.6. The van der Waals surface area contributed by atoms with Gasteiger partial charge in [-0.25, -0.2) is 4.98 Å². The molecule has 1 aliphatic heterocycles. The van der Waals surface area contributed by atoms with Gasteiger partial charge in [0.15, 0.2) is 0 Å². The number of morpholine rings is 1. The molecule has 25 heavy (non-hydrogen) atoms. The van der Waals surface area contributed by atoms with E-state index in [4.69, 9.17) is 9.47 Å². The Kier molecular flexibility index (Phi) is 5.98. The van der Waals surface area contributed by atoms with Gasteiger partial charge in [0.05, 0.1) is 23.9 Å². The number of carbonyl (C=O) groups excluding carboxylic acids is 1. The molecule has 7 nitrogen and oxygen atoms in total. The third kappa shape index (κ3) is 5.15. The highest BCUT2D eigenvalue weighted by molar-refractivity contribution is 5.76. The van der Waals surface area contributed by atoms with Crippen LogP contribution in [0.4, 0.5) is 5.82 Å². The highest BCUT2D eigenvalue weighted by atomic mass is 16.5. The molecular formula is C18H26N4O3. The largest absolute Gasteiger partial charge is 0.369 e. The summed E-state index contributed by atoms with van der Waals surface area (Å²) >= 11 is 0. The molecule has 0 radical (unpaired) electrons. The minimum Gasteiger partial charge on any atom is -0.369 e. The number of hydrogen-bond acceptors (Lipinski definition) is 6. The molecule has 1 aromatic heterocycles. The Hall–Kier alpha value is -2.17. The van der Waals surface area contributed by atoms with Gasteiger partial charge in [-0.15, -0.1) is 0 Å². The van der Waals surface area contributed by atoms with E-state index in [0.717, 1.165) is 5.69 Å². The summed E-state index contributed by atoms with van der Waals surface area (Å²) in [5, 5.41) is 9.38. The molecule has 7 heteroatoms. The number of hydrogen-bond donors (Lipinski definition) is 0. The van der Waals surface area contributed by atoms with Crippen LogP contribution in [0.1, 0.15) is 25.1 Å². The minimum absolute atomic E-state index is 0.0272. The maximum absolute atomic E-state index is 11.6. The van der Waals surface area contributed by atoms with E-state index in [2.05, 4.69) is 16.0 Å². The Morgan fingerprint density at radius 3 is 2.88 bits per heavy atom. The molecule has 0 aliphatic carbocycles. The maximum atomic E-state index is 11.6. The van der Waals surface area contributed by atoms with E-state index in [1.165, 1.54) is 4.90 Å². The third-order valence-electron chi connectivity index (χ3n) is 3.94. The Morgan fingerprint density at radius 1 is 1.52 bits per heavy atom. The first kappa shape index (κ1) is 19.2. The van der Waals surface area contributed by atoms with Crippen molar-refractivity contribution in [3.05, 3.63) is 23.4 Å². The van der Waals surface area contributed by atoms with E-state index in [9.17, 15) is 10.1 Å². The number of nitrogens with zero attached hydrogens (tertiary/aromatic N) is 4. The average molecular weight is 346 g/mol. The number of nitriles is 1. The number of amides is 1. The first-order valence-electron chi connectivity index (χ1n) is 8.30. The summed E-state index contributed by atoms with van der Waals surface area (Å²) in [6.45, 7) is 7.43. The number of aromatic nitrogens is 1. The van der Waals surface area contributed by atoms with Crippen LogP contribution in [-0.2, 0) is 14.3 Å². The van der Waals surface area contributed by atoms with Crippen LogP contribution in [0.2, 0.25) is 0 Å². The smallest absolute Gasteiger partial charge is 0.248 e. The van der Waals surface area contributed by atoms with Gasteiger partial charge in [0.1, 0.15) is 18.5 Å². The second-order valence-corrected chi connectivity index (χ2v) is 7.12. The second kappa shape index (κ2) is 7.81. The molecule has 136 valence electrons. The van der Waals surface area contributed by atoms with Gasteiger partial charge in [0, 0.05) is 32.9 Å². The molecule has 1 unspecified atom stereocenters. The fraction of sp³-hybridized carbons (Fsp3) is 0.611. The number of anilines is 1. The van der Waals surface area contributed by atoms with Crippen molar-refractivity contribution in [1.29, 1.82) is 5.26 Å². The molecule has 2 rings (SSSR count). The van der Waals surface area contributed by atoms with Gasteiger partial charge >= 0.3 is 0 Å². The first-order valence-corrected chi connectivity index (χ1v) is 8.30. The first-order chi connectivity index (χ1) is 11.7. The molecular weight excluding hydrogens is 320 g/mol. The van der Waals surface area contributed by atoms with Crippen LogP contribution in [0.25, 0.3) is 0 Å². The molecule has 1 amide bonds. The lowest BCUT2D eigenvalue weighted by Gasteiger charge is -2.43. The van der Waals surface area contributed by atoms with Crippen molar-refractivity contribution in [2.45, 2.75) is 32.5 Å². The van der Waals surface area contributed by atoms with Crippen molar-refractivity contribution in [3.63, 3.8) is 0 Å². The van der Waals surface area contributed by atoms with Crippen LogP contribution in [-0.4, -0.2) is 67.9 Å².